The van der Waals surface area contributed by atoms with Crippen molar-refractivity contribution in [3.63, 3.8) is 0 Å². The van der Waals surface area contributed by atoms with E-state index in [1.807, 2.05) is 44.2 Å². The summed E-state index contributed by atoms with van der Waals surface area (Å²) in [5, 5.41) is 2.29. The van der Waals surface area contributed by atoms with Crippen LogP contribution in [0.2, 0.25) is 30.7 Å². The molecule has 0 bridgehead atoms. The van der Waals surface area contributed by atoms with Crippen LogP contribution < -0.4 is 19.8 Å². The van der Waals surface area contributed by atoms with Crippen molar-refractivity contribution >= 4 is 44.8 Å². The third-order valence-electron chi connectivity index (χ3n) is 11.5. The first-order valence-electron chi connectivity index (χ1n) is 22.5. The normalized spacial score (nSPS) is 17.5. The number of methoxy groups -OCH3 is 3. The maximum atomic E-state index is 13.7. The van der Waals surface area contributed by atoms with Gasteiger partial charge in [-0.25, -0.2) is 9.59 Å². The van der Waals surface area contributed by atoms with E-state index in [0.717, 1.165) is 17.4 Å². The van der Waals surface area contributed by atoms with Crippen LogP contribution in [0.4, 0.5) is 0 Å². The summed E-state index contributed by atoms with van der Waals surface area (Å²) < 4.78 is 49.2. The molecular formula is C53H70O10Si2. The second-order valence-corrected chi connectivity index (χ2v) is 29.1. The van der Waals surface area contributed by atoms with E-state index >= 15 is 0 Å². The Bertz CT molecular complexity index is 2170. The van der Waals surface area contributed by atoms with Crippen molar-refractivity contribution in [1.82, 2.24) is 0 Å². The maximum absolute atomic E-state index is 13.7. The van der Waals surface area contributed by atoms with Crippen molar-refractivity contribution in [3.8, 4) is 11.5 Å². The maximum Gasteiger partial charge on any atom is 0.339 e. The summed E-state index contributed by atoms with van der Waals surface area (Å²) in [6.07, 6.45) is 7.32. The van der Waals surface area contributed by atoms with Gasteiger partial charge in [0.1, 0.15) is 23.7 Å². The Morgan fingerprint density at radius 1 is 0.800 bits per heavy atom. The molecule has 0 aliphatic carbocycles. The Hall–Kier alpha value is -4.83. The molecule has 4 atom stereocenters. The predicted molar refractivity (Wildman–Crippen MR) is 264 cm³/mol. The van der Waals surface area contributed by atoms with Gasteiger partial charge in [-0.1, -0.05) is 138 Å². The molecule has 0 radical (unpaired) electrons. The molecule has 1 saturated heterocycles. The van der Waals surface area contributed by atoms with Crippen LogP contribution in [0, 0.1) is 0 Å². The third kappa shape index (κ3) is 13.6. The van der Waals surface area contributed by atoms with E-state index in [-0.39, 0.29) is 28.9 Å². The van der Waals surface area contributed by atoms with E-state index in [2.05, 4.69) is 120 Å². The molecule has 10 nitrogen and oxygen atoms in total. The average molecular weight is 923 g/mol. The van der Waals surface area contributed by atoms with Gasteiger partial charge in [0.05, 0.1) is 51.8 Å². The lowest BCUT2D eigenvalue weighted by molar-refractivity contribution is -0.156. The molecule has 5 rings (SSSR count). The largest absolute Gasteiger partial charge is 0.497 e. The van der Waals surface area contributed by atoms with Gasteiger partial charge in [0.2, 0.25) is 0 Å². The van der Waals surface area contributed by atoms with Crippen LogP contribution in [0.5, 0.6) is 11.5 Å². The van der Waals surface area contributed by atoms with Gasteiger partial charge in [0.15, 0.2) is 5.79 Å². The summed E-state index contributed by atoms with van der Waals surface area (Å²) in [7, 11) is 0.146. The van der Waals surface area contributed by atoms with Gasteiger partial charge in [-0.2, -0.15) is 0 Å². The van der Waals surface area contributed by atoms with Crippen molar-refractivity contribution in [2.45, 2.75) is 122 Å². The molecule has 0 spiro atoms. The standard InChI is InChI=1S/C53H70O10Si2/c1-38(63-65(52(2,3)4,43-23-15-13-16-24-43)44-25-17-14-18-26-44)21-19-27-46(60-37-39-29-31-41(56-7)32-30-39)49-47(61-53(5,6)62-49)28-20-22-40-35-42(57-8)36-45(50(54)58-9)48(40)51(55)59-33-34-64(10,11)12/h13-20,22-27,29-32,35-36,38,46-47,49H,21,28,33-34,37H2,1-12H3/b22-20+,27-19-/t38-,46?,47+,49+/m0/s1. The van der Waals surface area contributed by atoms with E-state index in [4.69, 9.17) is 37.6 Å². The van der Waals surface area contributed by atoms with Gasteiger partial charge in [0, 0.05) is 14.2 Å². The van der Waals surface area contributed by atoms with E-state index in [1.54, 1.807) is 19.3 Å². The van der Waals surface area contributed by atoms with Crippen LogP contribution in [0.15, 0.2) is 115 Å². The number of rotatable bonds is 21. The van der Waals surface area contributed by atoms with Crippen molar-refractivity contribution in [2.75, 3.05) is 27.9 Å². The highest BCUT2D eigenvalue weighted by atomic mass is 28.4. The summed E-state index contributed by atoms with van der Waals surface area (Å²) in [6, 6.07) is 33.1. The van der Waals surface area contributed by atoms with E-state index in [0.29, 0.717) is 30.8 Å². The Kier molecular flexibility index (Phi) is 17.8. The van der Waals surface area contributed by atoms with Crippen LogP contribution in [-0.4, -0.2) is 86.5 Å². The van der Waals surface area contributed by atoms with Gasteiger partial charge >= 0.3 is 11.9 Å². The monoisotopic (exact) mass is 922 g/mol. The van der Waals surface area contributed by atoms with Crippen LogP contribution in [0.3, 0.4) is 0 Å². The van der Waals surface area contributed by atoms with E-state index < -0.39 is 52.4 Å². The smallest absolute Gasteiger partial charge is 0.339 e. The SMILES string of the molecule is COC(=O)c1cc(OC)cc(/C=C/C[C@H]2OC(C)(C)O[C@@H]2C(/C=C\C[C@H](C)O[Si](c2ccccc2)(c2ccccc2)C(C)(C)C)OCc2ccc(OC)cc2)c1C(=O)OCC[Si](C)(C)C. The Balaban J connectivity index is 1.45. The lowest BCUT2D eigenvalue weighted by atomic mass is 9.98. The molecule has 0 aromatic heterocycles. The lowest BCUT2D eigenvalue weighted by Crippen LogP contribution is -2.67. The minimum Gasteiger partial charge on any atom is -0.497 e. The van der Waals surface area contributed by atoms with Crippen molar-refractivity contribution in [3.05, 3.63) is 138 Å². The molecule has 4 aromatic carbocycles. The molecule has 1 heterocycles. The molecule has 1 aliphatic heterocycles. The summed E-state index contributed by atoms with van der Waals surface area (Å²) in [4.78, 5) is 26.8. The van der Waals surface area contributed by atoms with E-state index in [9.17, 15) is 9.59 Å². The van der Waals surface area contributed by atoms with Crippen LogP contribution in [0.25, 0.3) is 6.08 Å². The zero-order chi connectivity index (χ0) is 47.4. The molecule has 1 unspecified atom stereocenters. The highest BCUT2D eigenvalue weighted by Gasteiger charge is 2.51. The quantitative estimate of drug-likeness (QED) is 0.0455. The first-order valence-corrected chi connectivity index (χ1v) is 28.1. The van der Waals surface area contributed by atoms with Gasteiger partial charge in [-0.05, 0) is 90.5 Å². The third-order valence-corrected chi connectivity index (χ3v) is 18.3. The lowest BCUT2D eigenvalue weighted by Gasteiger charge is -2.44. The van der Waals surface area contributed by atoms with E-state index in [1.165, 1.54) is 30.7 Å². The number of hydrogen-bond donors (Lipinski definition) is 0. The fourth-order valence-corrected chi connectivity index (χ4v) is 13.6. The molecule has 350 valence electrons. The second kappa shape index (κ2) is 22.6. The molecule has 1 aliphatic rings. The number of ether oxygens (including phenoxy) is 7. The molecule has 1 fully saturated rings. The van der Waals surface area contributed by atoms with Crippen LogP contribution in [0.1, 0.15) is 86.2 Å². The fourth-order valence-electron chi connectivity index (χ4n) is 8.18. The topological polar surface area (TPSA) is 108 Å². The number of benzene rings is 4. The minimum atomic E-state index is -2.79. The number of hydrogen-bond acceptors (Lipinski definition) is 10. The van der Waals surface area contributed by atoms with Crippen molar-refractivity contribution in [1.29, 1.82) is 0 Å². The Morgan fingerprint density at radius 2 is 1.42 bits per heavy atom. The Labute approximate surface area is 389 Å². The zero-order valence-corrected chi connectivity index (χ0v) is 42.5. The summed E-state index contributed by atoms with van der Waals surface area (Å²) in [5.41, 5.74) is 1.61. The second-order valence-electron chi connectivity index (χ2n) is 19.2. The van der Waals surface area contributed by atoms with Crippen molar-refractivity contribution in [2.24, 2.45) is 0 Å². The van der Waals surface area contributed by atoms with Gasteiger partial charge in [-0.3, -0.25) is 0 Å². The molecule has 0 amide bonds. The summed E-state index contributed by atoms with van der Waals surface area (Å²) in [5.74, 6) is -1.03. The summed E-state index contributed by atoms with van der Waals surface area (Å²) in [6.45, 7) is 20.0. The minimum absolute atomic E-state index is 0.0641. The molecule has 4 aromatic rings. The average Bonchev–Trinajstić information content (AvgIpc) is 3.59. The zero-order valence-electron chi connectivity index (χ0n) is 40.5. The molecule has 65 heavy (non-hydrogen) atoms. The van der Waals surface area contributed by atoms with Crippen molar-refractivity contribution < 1.29 is 47.2 Å². The van der Waals surface area contributed by atoms with Crippen LogP contribution in [-0.2, 0) is 34.7 Å². The Morgan fingerprint density at radius 3 is 1.97 bits per heavy atom. The van der Waals surface area contributed by atoms with Gasteiger partial charge in [0.25, 0.3) is 8.32 Å². The number of carbonyl (C=O) groups is 2. The predicted octanol–water partition coefficient (Wildman–Crippen LogP) is 10.4. The van der Waals surface area contributed by atoms with Gasteiger partial charge in [-0.15, -0.1) is 0 Å². The summed E-state index contributed by atoms with van der Waals surface area (Å²) >= 11 is 0. The number of esters is 2. The first kappa shape index (κ1) is 51.2. The van der Waals surface area contributed by atoms with Gasteiger partial charge < -0.3 is 37.6 Å². The van der Waals surface area contributed by atoms with Crippen LogP contribution >= 0.6 is 0 Å². The molecular weight excluding hydrogens is 853 g/mol. The molecule has 12 heteroatoms. The molecule has 0 saturated carbocycles. The molecule has 0 N–H and O–H groups in total. The fraction of sp³-hybridized carbons (Fsp3) is 0.434. The number of carbonyl (C=O) groups excluding carboxylic acids is 2. The highest BCUT2D eigenvalue weighted by Crippen LogP contribution is 2.38. The highest BCUT2D eigenvalue weighted by molar-refractivity contribution is 6.99. The first-order chi connectivity index (χ1) is 30.8.